The molecule has 3 aromatic carbocycles. The molecule has 3 heteroatoms. The van der Waals surface area contributed by atoms with Crippen LogP contribution in [0.25, 0.3) is 11.1 Å². The average Bonchev–Trinajstić information content (AvgIpc) is 2.94. The maximum Gasteiger partial charge on any atom is 0.130 e. The molecule has 1 heterocycles. The van der Waals surface area contributed by atoms with E-state index < -0.39 is 0 Å². The predicted octanol–water partition coefficient (Wildman–Crippen LogP) is 6.30. The Bertz CT molecular complexity index is 932. The fraction of sp³-hybridized carbons (Fsp3) is 0.217. The molecule has 0 atom stereocenters. The molecule has 132 valence electrons. The fourth-order valence-corrected chi connectivity index (χ4v) is 3.60. The van der Waals surface area contributed by atoms with Crippen LogP contribution in [-0.4, -0.2) is 5.60 Å². The summed E-state index contributed by atoms with van der Waals surface area (Å²) < 4.78 is 12.2. The lowest BCUT2D eigenvalue weighted by atomic mass is 9.95. The Morgan fingerprint density at radius 2 is 1.77 bits per heavy atom. The topological polar surface area (TPSA) is 18.5 Å². The van der Waals surface area contributed by atoms with E-state index in [4.69, 9.17) is 21.1 Å². The fourth-order valence-electron chi connectivity index (χ4n) is 3.41. The molecule has 0 aromatic heterocycles. The number of benzene rings is 3. The van der Waals surface area contributed by atoms with E-state index in [2.05, 4.69) is 32.0 Å². The molecule has 2 nitrogen and oxygen atoms in total. The van der Waals surface area contributed by atoms with Gasteiger partial charge in [-0.2, -0.15) is 0 Å². The molecular weight excluding hydrogens is 344 g/mol. The van der Waals surface area contributed by atoms with E-state index in [1.165, 1.54) is 5.56 Å². The van der Waals surface area contributed by atoms with E-state index in [1.54, 1.807) is 0 Å². The van der Waals surface area contributed by atoms with Crippen molar-refractivity contribution >= 4 is 11.6 Å². The number of halogens is 1. The van der Waals surface area contributed by atoms with Crippen molar-refractivity contribution in [3.8, 4) is 22.6 Å². The highest BCUT2D eigenvalue weighted by atomic mass is 35.5. The smallest absolute Gasteiger partial charge is 0.130 e. The first-order valence-electron chi connectivity index (χ1n) is 8.79. The zero-order chi connectivity index (χ0) is 18.1. The first kappa shape index (κ1) is 17.0. The summed E-state index contributed by atoms with van der Waals surface area (Å²) >= 11 is 6.19. The quantitative estimate of drug-likeness (QED) is 0.540. The lowest BCUT2D eigenvalue weighted by Crippen LogP contribution is -2.24. The summed E-state index contributed by atoms with van der Waals surface area (Å²) in [4.78, 5) is 0. The minimum absolute atomic E-state index is 0.198. The zero-order valence-electron chi connectivity index (χ0n) is 15.0. The van der Waals surface area contributed by atoms with Crippen LogP contribution in [0.1, 0.15) is 25.0 Å². The monoisotopic (exact) mass is 364 g/mol. The molecule has 0 fully saturated rings. The van der Waals surface area contributed by atoms with E-state index in [0.717, 1.165) is 39.6 Å². The van der Waals surface area contributed by atoms with Crippen molar-refractivity contribution in [2.24, 2.45) is 0 Å². The minimum atomic E-state index is -0.198. The van der Waals surface area contributed by atoms with Gasteiger partial charge in [0.2, 0.25) is 0 Å². The van der Waals surface area contributed by atoms with Gasteiger partial charge in [-0.05, 0) is 66.9 Å². The lowest BCUT2D eigenvalue weighted by molar-refractivity contribution is 0.135. The van der Waals surface area contributed by atoms with Gasteiger partial charge >= 0.3 is 0 Å². The Morgan fingerprint density at radius 1 is 0.962 bits per heavy atom. The summed E-state index contributed by atoms with van der Waals surface area (Å²) in [5.41, 5.74) is 4.33. The highest BCUT2D eigenvalue weighted by molar-refractivity contribution is 6.30. The largest absolute Gasteiger partial charge is 0.489 e. The number of ether oxygens (including phenoxy) is 2. The summed E-state index contributed by atoms with van der Waals surface area (Å²) in [6.45, 7) is 4.71. The molecule has 1 aliphatic rings. The van der Waals surface area contributed by atoms with Gasteiger partial charge in [0.25, 0.3) is 0 Å². The van der Waals surface area contributed by atoms with Crippen LogP contribution in [0.4, 0.5) is 0 Å². The number of para-hydroxylation sites is 1. The predicted molar refractivity (Wildman–Crippen MR) is 106 cm³/mol. The molecule has 0 aliphatic carbocycles. The van der Waals surface area contributed by atoms with Gasteiger partial charge < -0.3 is 9.47 Å². The van der Waals surface area contributed by atoms with Crippen molar-refractivity contribution in [3.05, 3.63) is 82.9 Å². The molecule has 0 saturated heterocycles. The highest BCUT2D eigenvalue weighted by Crippen LogP contribution is 2.41. The molecule has 0 unspecified atom stereocenters. The standard InChI is InChI=1S/C23H21ClO2/c1-23(2)14-18-11-17(16-7-6-8-20(24)13-16)12-19(22(18)26-23)15-25-21-9-4-3-5-10-21/h3-13H,14-15H2,1-2H3. The van der Waals surface area contributed by atoms with E-state index in [0.29, 0.717) is 6.61 Å². The van der Waals surface area contributed by atoms with Crippen LogP contribution in [0.3, 0.4) is 0 Å². The summed E-state index contributed by atoms with van der Waals surface area (Å²) in [7, 11) is 0. The molecule has 3 aromatic rings. The minimum Gasteiger partial charge on any atom is -0.489 e. The van der Waals surface area contributed by atoms with Gasteiger partial charge in [-0.15, -0.1) is 0 Å². The van der Waals surface area contributed by atoms with Gasteiger partial charge in [-0.1, -0.05) is 41.9 Å². The van der Waals surface area contributed by atoms with Gasteiger partial charge in [-0.3, -0.25) is 0 Å². The molecular formula is C23H21ClO2. The van der Waals surface area contributed by atoms with Crippen molar-refractivity contribution in [2.75, 3.05) is 0 Å². The second-order valence-electron chi connectivity index (χ2n) is 7.27. The first-order valence-corrected chi connectivity index (χ1v) is 9.17. The Labute approximate surface area is 159 Å². The Hall–Kier alpha value is -2.45. The van der Waals surface area contributed by atoms with Crippen LogP contribution in [0.2, 0.25) is 5.02 Å². The first-order chi connectivity index (χ1) is 12.5. The number of hydrogen-bond donors (Lipinski definition) is 0. The zero-order valence-corrected chi connectivity index (χ0v) is 15.7. The van der Waals surface area contributed by atoms with Gasteiger partial charge in [0, 0.05) is 17.0 Å². The number of rotatable bonds is 4. The Balaban J connectivity index is 1.72. The van der Waals surface area contributed by atoms with Crippen LogP contribution in [-0.2, 0) is 13.0 Å². The van der Waals surface area contributed by atoms with Gasteiger partial charge in [0.1, 0.15) is 23.7 Å². The molecule has 1 aliphatic heterocycles. The van der Waals surface area contributed by atoms with E-state index in [9.17, 15) is 0 Å². The summed E-state index contributed by atoms with van der Waals surface area (Å²) in [5.74, 6) is 1.81. The van der Waals surface area contributed by atoms with Crippen molar-refractivity contribution in [1.82, 2.24) is 0 Å². The normalized spacial score (nSPS) is 14.6. The summed E-state index contributed by atoms with van der Waals surface area (Å²) in [6.07, 6.45) is 0.884. The van der Waals surface area contributed by atoms with Crippen molar-refractivity contribution in [3.63, 3.8) is 0 Å². The average molecular weight is 365 g/mol. The summed E-state index contributed by atoms with van der Waals surface area (Å²) in [5, 5.41) is 0.738. The molecule has 26 heavy (non-hydrogen) atoms. The Kier molecular flexibility index (Phi) is 4.37. The molecule has 0 spiro atoms. The Morgan fingerprint density at radius 3 is 2.54 bits per heavy atom. The third-order valence-electron chi connectivity index (χ3n) is 4.53. The molecule has 0 N–H and O–H groups in total. The molecule has 0 amide bonds. The van der Waals surface area contributed by atoms with E-state index >= 15 is 0 Å². The van der Waals surface area contributed by atoms with Crippen LogP contribution >= 0.6 is 11.6 Å². The van der Waals surface area contributed by atoms with Crippen LogP contribution in [0.15, 0.2) is 66.7 Å². The maximum atomic E-state index is 6.22. The van der Waals surface area contributed by atoms with Crippen LogP contribution in [0.5, 0.6) is 11.5 Å². The van der Waals surface area contributed by atoms with Gasteiger partial charge in [-0.25, -0.2) is 0 Å². The molecule has 0 bridgehead atoms. The molecule has 4 rings (SSSR count). The SMILES string of the molecule is CC1(C)Cc2cc(-c3cccc(Cl)c3)cc(COc3ccccc3)c2O1. The highest BCUT2D eigenvalue weighted by Gasteiger charge is 2.32. The van der Waals surface area contributed by atoms with Crippen LogP contribution < -0.4 is 9.47 Å². The van der Waals surface area contributed by atoms with Crippen molar-refractivity contribution in [1.29, 1.82) is 0 Å². The number of fused-ring (bicyclic) bond motifs is 1. The van der Waals surface area contributed by atoms with E-state index in [1.807, 2.05) is 48.5 Å². The third-order valence-corrected chi connectivity index (χ3v) is 4.77. The lowest BCUT2D eigenvalue weighted by Gasteiger charge is -2.18. The molecule has 0 radical (unpaired) electrons. The van der Waals surface area contributed by atoms with Gasteiger partial charge in [0.05, 0.1) is 0 Å². The van der Waals surface area contributed by atoms with Crippen LogP contribution in [0, 0.1) is 0 Å². The number of hydrogen-bond acceptors (Lipinski definition) is 2. The summed E-state index contributed by atoms with van der Waals surface area (Å²) in [6, 6.07) is 22.2. The van der Waals surface area contributed by atoms with Gasteiger partial charge in [0.15, 0.2) is 0 Å². The molecule has 0 saturated carbocycles. The van der Waals surface area contributed by atoms with E-state index in [-0.39, 0.29) is 5.60 Å². The second-order valence-corrected chi connectivity index (χ2v) is 7.71. The third kappa shape index (κ3) is 3.56. The maximum absolute atomic E-state index is 6.22. The second kappa shape index (κ2) is 6.69. The van der Waals surface area contributed by atoms with Crippen molar-refractivity contribution in [2.45, 2.75) is 32.5 Å². The van der Waals surface area contributed by atoms with Crippen molar-refractivity contribution < 1.29 is 9.47 Å².